The van der Waals surface area contributed by atoms with E-state index in [-0.39, 0.29) is 0 Å². The summed E-state index contributed by atoms with van der Waals surface area (Å²) in [6.07, 6.45) is 6.63. The lowest BCUT2D eigenvalue weighted by molar-refractivity contribution is 0.0666. The minimum atomic E-state index is 0.315. The van der Waals surface area contributed by atoms with Crippen molar-refractivity contribution in [3.05, 3.63) is 35.9 Å². The normalized spacial score (nSPS) is 12.5. The Balaban J connectivity index is 2.17. The molecule has 3 heteroatoms. The van der Waals surface area contributed by atoms with Gasteiger partial charge in [-0.15, -0.1) is 0 Å². The summed E-state index contributed by atoms with van der Waals surface area (Å²) < 4.78 is 5.62. The van der Waals surface area contributed by atoms with Gasteiger partial charge in [-0.25, -0.2) is 0 Å². The zero-order chi connectivity index (χ0) is 13.8. The highest BCUT2D eigenvalue weighted by molar-refractivity contribution is 7.98. The molecule has 108 valence electrons. The standard InChI is InChI=1S/C16H27NOS/c1-2-3-4-8-11-16(18-14-17)13-19-12-15-9-6-5-7-10-15/h5-7,9-10,16H,2-4,8,11-14,17H2,1H3. The van der Waals surface area contributed by atoms with Crippen molar-refractivity contribution in [2.75, 3.05) is 12.5 Å². The Morgan fingerprint density at radius 1 is 1.16 bits per heavy atom. The number of rotatable bonds is 11. The lowest BCUT2D eigenvalue weighted by Crippen LogP contribution is -2.20. The van der Waals surface area contributed by atoms with Gasteiger partial charge in [0.25, 0.3) is 0 Å². The first-order valence-electron chi connectivity index (χ1n) is 7.30. The van der Waals surface area contributed by atoms with Crippen LogP contribution in [0.25, 0.3) is 0 Å². The Kier molecular flexibility index (Phi) is 9.86. The Labute approximate surface area is 122 Å². The molecule has 0 fully saturated rings. The van der Waals surface area contributed by atoms with Gasteiger partial charge in [-0.3, -0.25) is 0 Å². The summed E-state index contributed by atoms with van der Waals surface area (Å²) in [5, 5.41) is 0. The Morgan fingerprint density at radius 2 is 1.95 bits per heavy atom. The average Bonchev–Trinajstić information content (AvgIpc) is 2.44. The van der Waals surface area contributed by atoms with Crippen LogP contribution in [0.5, 0.6) is 0 Å². The van der Waals surface area contributed by atoms with Crippen LogP contribution in [0.4, 0.5) is 0 Å². The predicted octanol–water partition coefficient (Wildman–Crippen LogP) is 4.19. The first-order valence-corrected chi connectivity index (χ1v) is 8.45. The van der Waals surface area contributed by atoms with Crippen molar-refractivity contribution in [3.63, 3.8) is 0 Å². The van der Waals surface area contributed by atoms with Crippen LogP contribution in [0, 0.1) is 0 Å². The summed E-state index contributed by atoms with van der Waals surface area (Å²) in [6.45, 7) is 2.58. The van der Waals surface area contributed by atoms with Gasteiger partial charge in [0.1, 0.15) is 0 Å². The third kappa shape index (κ3) is 8.30. The van der Waals surface area contributed by atoms with Crippen molar-refractivity contribution in [1.82, 2.24) is 0 Å². The van der Waals surface area contributed by atoms with E-state index in [9.17, 15) is 0 Å². The molecule has 2 nitrogen and oxygen atoms in total. The van der Waals surface area contributed by atoms with Gasteiger partial charge in [0, 0.05) is 11.5 Å². The molecule has 1 unspecified atom stereocenters. The Hall–Kier alpha value is -0.510. The number of ether oxygens (including phenoxy) is 1. The predicted molar refractivity (Wildman–Crippen MR) is 85.3 cm³/mol. The van der Waals surface area contributed by atoms with Crippen LogP contribution < -0.4 is 5.73 Å². The Morgan fingerprint density at radius 3 is 2.63 bits per heavy atom. The highest BCUT2D eigenvalue weighted by atomic mass is 32.2. The molecule has 1 aromatic rings. The molecule has 0 heterocycles. The van der Waals surface area contributed by atoms with Gasteiger partial charge in [-0.05, 0) is 12.0 Å². The molecule has 1 rings (SSSR count). The maximum atomic E-state index is 5.62. The SMILES string of the molecule is CCCCCCC(CSCc1ccccc1)OCN. The van der Waals surface area contributed by atoms with Crippen LogP contribution in [0.2, 0.25) is 0 Å². The summed E-state index contributed by atoms with van der Waals surface area (Å²) in [7, 11) is 0. The van der Waals surface area contributed by atoms with E-state index in [1.807, 2.05) is 11.8 Å². The lowest BCUT2D eigenvalue weighted by atomic mass is 10.1. The number of hydrogen-bond donors (Lipinski definition) is 1. The highest BCUT2D eigenvalue weighted by Gasteiger charge is 2.08. The van der Waals surface area contributed by atoms with E-state index in [1.165, 1.54) is 31.2 Å². The monoisotopic (exact) mass is 281 g/mol. The Bertz CT molecular complexity index is 305. The molecule has 0 saturated carbocycles. The number of thioether (sulfide) groups is 1. The smallest absolute Gasteiger partial charge is 0.0944 e. The van der Waals surface area contributed by atoms with Crippen LogP contribution in [0.1, 0.15) is 44.6 Å². The molecule has 0 aliphatic rings. The fourth-order valence-electron chi connectivity index (χ4n) is 2.03. The zero-order valence-corrected chi connectivity index (χ0v) is 12.8. The van der Waals surface area contributed by atoms with Gasteiger partial charge < -0.3 is 10.5 Å². The molecule has 0 aromatic heterocycles. The van der Waals surface area contributed by atoms with E-state index in [0.29, 0.717) is 12.8 Å². The fourth-order valence-corrected chi connectivity index (χ4v) is 3.10. The van der Waals surface area contributed by atoms with Gasteiger partial charge in [-0.2, -0.15) is 11.8 Å². The van der Waals surface area contributed by atoms with Crippen LogP contribution in [0.3, 0.4) is 0 Å². The molecule has 1 aromatic carbocycles. The first kappa shape index (κ1) is 16.5. The molecule has 0 spiro atoms. The molecule has 2 N–H and O–H groups in total. The maximum absolute atomic E-state index is 5.62. The molecule has 1 atom stereocenters. The maximum Gasteiger partial charge on any atom is 0.0944 e. The van der Waals surface area contributed by atoms with Crippen LogP contribution in [-0.2, 0) is 10.5 Å². The largest absolute Gasteiger partial charge is 0.362 e. The molecule has 0 bridgehead atoms. The number of nitrogens with two attached hydrogens (primary N) is 1. The minimum Gasteiger partial charge on any atom is -0.362 e. The second-order valence-corrected chi connectivity index (χ2v) is 5.84. The van der Waals surface area contributed by atoms with E-state index < -0.39 is 0 Å². The van der Waals surface area contributed by atoms with Gasteiger partial charge in [0.2, 0.25) is 0 Å². The van der Waals surface area contributed by atoms with Crippen molar-refractivity contribution in [3.8, 4) is 0 Å². The number of unbranched alkanes of at least 4 members (excludes halogenated alkanes) is 3. The molecule has 0 amide bonds. The van der Waals surface area contributed by atoms with Gasteiger partial charge in [-0.1, -0.05) is 62.9 Å². The summed E-state index contributed by atoms with van der Waals surface area (Å²) in [6, 6.07) is 10.6. The van der Waals surface area contributed by atoms with Crippen molar-refractivity contribution >= 4 is 11.8 Å². The molecule has 0 aliphatic heterocycles. The lowest BCUT2D eigenvalue weighted by Gasteiger charge is -2.16. The third-order valence-corrected chi connectivity index (χ3v) is 4.27. The van der Waals surface area contributed by atoms with Gasteiger partial charge in [0.15, 0.2) is 0 Å². The van der Waals surface area contributed by atoms with Crippen molar-refractivity contribution in [2.24, 2.45) is 5.73 Å². The second kappa shape index (κ2) is 11.3. The van der Waals surface area contributed by atoms with E-state index in [0.717, 1.165) is 17.9 Å². The topological polar surface area (TPSA) is 35.2 Å². The van der Waals surface area contributed by atoms with E-state index in [2.05, 4.69) is 37.3 Å². The third-order valence-electron chi connectivity index (χ3n) is 3.13. The summed E-state index contributed by atoms with van der Waals surface area (Å²) in [4.78, 5) is 0. The zero-order valence-electron chi connectivity index (χ0n) is 12.0. The summed E-state index contributed by atoms with van der Waals surface area (Å²) in [5.74, 6) is 2.10. The van der Waals surface area contributed by atoms with Crippen molar-refractivity contribution in [1.29, 1.82) is 0 Å². The van der Waals surface area contributed by atoms with Crippen molar-refractivity contribution in [2.45, 2.75) is 50.9 Å². The van der Waals surface area contributed by atoms with Crippen molar-refractivity contribution < 1.29 is 4.74 Å². The molecular weight excluding hydrogens is 254 g/mol. The summed E-state index contributed by atoms with van der Waals surface area (Å²) in [5.41, 5.74) is 6.89. The van der Waals surface area contributed by atoms with E-state index in [4.69, 9.17) is 10.5 Å². The molecule has 0 radical (unpaired) electrons. The van der Waals surface area contributed by atoms with E-state index >= 15 is 0 Å². The number of hydrogen-bond acceptors (Lipinski definition) is 3. The van der Waals surface area contributed by atoms with Crippen LogP contribution in [0.15, 0.2) is 30.3 Å². The van der Waals surface area contributed by atoms with Crippen LogP contribution >= 0.6 is 11.8 Å². The molecule has 0 aliphatic carbocycles. The molecule has 19 heavy (non-hydrogen) atoms. The summed E-state index contributed by atoms with van der Waals surface area (Å²) >= 11 is 1.94. The number of benzene rings is 1. The highest BCUT2D eigenvalue weighted by Crippen LogP contribution is 2.17. The fraction of sp³-hybridized carbons (Fsp3) is 0.625. The second-order valence-electron chi connectivity index (χ2n) is 4.81. The average molecular weight is 281 g/mol. The molecule has 0 saturated heterocycles. The molecular formula is C16H27NOS. The minimum absolute atomic E-state index is 0.315. The van der Waals surface area contributed by atoms with Crippen LogP contribution in [-0.4, -0.2) is 18.6 Å². The first-order chi connectivity index (χ1) is 9.36. The van der Waals surface area contributed by atoms with Gasteiger partial charge in [0.05, 0.1) is 12.8 Å². The van der Waals surface area contributed by atoms with E-state index in [1.54, 1.807) is 0 Å². The quantitative estimate of drug-likeness (QED) is 0.488. The van der Waals surface area contributed by atoms with Gasteiger partial charge >= 0.3 is 0 Å².